The summed E-state index contributed by atoms with van der Waals surface area (Å²) in [4.78, 5) is 12.9. The molecule has 2 aliphatic heterocycles. The third-order valence-corrected chi connectivity index (χ3v) is 8.34. The van der Waals surface area contributed by atoms with Gasteiger partial charge in [0.2, 0.25) is 0 Å². The molecule has 36 heavy (non-hydrogen) atoms. The molecule has 2 heterocycles. The van der Waals surface area contributed by atoms with E-state index >= 15 is 0 Å². The van der Waals surface area contributed by atoms with Gasteiger partial charge < -0.3 is 15.7 Å². The van der Waals surface area contributed by atoms with Crippen LogP contribution in [0.4, 0.5) is 0 Å². The Hall–Kier alpha value is -0.790. The van der Waals surface area contributed by atoms with E-state index in [2.05, 4.69) is 81.5 Å². The number of ketones is 1. The fourth-order valence-corrected chi connectivity index (χ4v) is 6.35. The summed E-state index contributed by atoms with van der Waals surface area (Å²) in [5.41, 5.74) is -0.733. The lowest BCUT2D eigenvalue weighted by molar-refractivity contribution is -0.246. The SMILES string of the molecule is CC(C)(C)NC1CC(C)(C)N(O)C(C)(C)C1.CCC1(CC)C=C(C(=O)C(C)(C)C)C(CC)(CC)N1O. The zero-order chi connectivity index (χ0) is 28.5. The van der Waals surface area contributed by atoms with Crippen LogP contribution in [0.2, 0.25) is 0 Å². The third-order valence-electron chi connectivity index (χ3n) is 8.34. The Morgan fingerprint density at radius 2 is 1.28 bits per heavy atom. The lowest BCUT2D eigenvalue weighted by Gasteiger charge is -2.52. The minimum atomic E-state index is -0.531. The van der Waals surface area contributed by atoms with E-state index in [4.69, 9.17) is 0 Å². The van der Waals surface area contributed by atoms with Crippen molar-refractivity contribution in [3.8, 4) is 0 Å². The molecule has 6 nitrogen and oxygen atoms in total. The first kappa shape index (κ1) is 33.2. The summed E-state index contributed by atoms with van der Waals surface area (Å²) in [7, 11) is 0. The standard InChI is InChI=1S/C17H31NO2.C13H28N2O/c1-8-16(9-2)12-13(14(19)15(5,6)7)17(10-3,11-4)18(16)20;1-11(2,3)14-10-8-12(4,5)15(16)13(6,7)9-10/h12,20H,8-11H2,1-7H3;10,14,16H,8-9H2,1-7H3. The molecule has 0 spiro atoms. The zero-order valence-electron chi connectivity index (χ0n) is 26.1. The molecule has 0 aliphatic carbocycles. The van der Waals surface area contributed by atoms with E-state index in [1.165, 1.54) is 10.1 Å². The molecule has 0 aromatic rings. The maximum Gasteiger partial charge on any atom is 0.165 e. The molecule has 0 unspecified atom stereocenters. The summed E-state index contributed by atoms with van der Waals surface area (Å²) in [5.74, 6) is 0.157. The molecule has 212 valence electrons. The highest BCUT2D eigenvalue weighted by Gasteiger charge is 2.55. The fraction of sp³-hybridized carbons (Fsp3) is 0.900. The summed E-state index contributed by atoms with van der Waals surface area (Å²) in [6.07, 6.45) is 7.11. The molecule has 2 rings (SSSR count). The number of hydrogen-bond acceptors (Lipinski definition) is 6. The molecule has 0 saturated carbocycles. The van der Waals surface area contributed by atoms with Crippen molar-refractivity contribution in [2.24, 2.45) is 5.41 Å². The first-order valence-electron chi connectivity index (χ1n) is 14.1. The van der Waals surface area contributed by atoms with E-state index in [1.54, 1.807) is 0 Å². The van der Waals surface area contributed by atoms with Gasteiger partial charge in [-0.3, -0.25) is 4.79 Å². The largest absolute Gasteiger partial charge is 0.313 e. The van der Waals surface area contributed by atoms with Gasteiger partial charge in [-0.05, 0) is 87.0 Å². The van der Waals surface area contributed by atoms with E-state index in [0.717, 1.165) is 44.1 Å². The highest BCUT2D eigenvalue weighted by Crippen LogP contribution is 2.48. The second-order valence-corrected chi connectivity index (χ2v) is 14.4. The molecule has 1 fully saturated rings. The minimum absolute atomic E-state index is 0.133. The van der Waals surface area contributed by atoms with Gasteiger partial charge in [-0.15, -0.1) is 0 Å². The Balaban J connectivity index is 0.000000369. The number of hydroxylamine groups is 4. The fourth-order valence-electron chi connectivity index (χ4n) is 6.35. The summed E-state index contributed by atoms with van der Waals surface area (Å²) >= 11 is 0. The molecule has 0 bridgehead atoms. The lowest BCUT2D eigenvalue weighted by atomic mass is 9.76. The van der Waals surface area contributed by atoms with Gasteiger partial charge in [0.05, 0.1) is 11.1 Å². The van der Waals surface area contributed by atoms with Crippen LogP contribution in [0.25, 0.3) is 0 Å². The van der Waals surface area contributed by atoms with Gasteiger partial charge in [-0.2, -0.15) is 10.1 Å². The van der Waals surface area contributed by atoms with Crippen molar-refractivity contribution < 1.29 is 15.2 Å². The predicted molar refractivity (Wildman–Crippen MR) is 150 cm³/mol. The summed E-state index contributed by atoms with van der Waals surface area (Å²) in [6, 6.07) is 0.466. The highest BCUT2D eigenvalue weighted by molar-refractivity contribution is 6.01. The van der Waals surface area contributed by atoms with Gasteiger partial charge in [0.1, 0.15) is 0 Å². The molecule has 3 N–H and O–H groups in total. The van der Waals surface area contributed by atoms with E-state index in [1.807, 2.05) is 26.8 Å². The number of carbonyl (C=O) groups excluding carboxylic acids is 1. The summed E-state index contributed by atoms with van der Waals surface area (Å²) in [5, 5.41) is 27.7. The summed E-state index contributed by atoms with van der Waals surface area (Å²) in [6.45, 7) is 29.1. The van der Waals surface area contributed by atoms with Crippen LogP contribution < -0.4 is 5.32 Å². The van der Waals surface area contributed by atoms with Crippen molar-refractivity contribution in [1.29, 1.82) is 0 Å². The van der Waals surface area contributed by atoms with Crippen LogP contribution in [0.3, 0.4) is 0 Å². The van der Waals surface area contributed by atoms with Crippen LogP contribution in [0.15, 0.2) is 11.6 Å². The van der Waals surface area contributed by atoms with Crippen molar-refractivity contribution in [2.45, 2.75) is 169 Å². The number of rotatable bonds is 6. The first-order chi connectivity index (χ1) is 16.1. The van der Waals surface area contributed by atoms with Crippen LogP contribution in [0.5, 0.6) is 0 Å². The molecule has 1 saturated heterocycles. The molecule has 0 aromatic carbocycles. The van der Waals surface area contributed by atoms with E-state index in [9.17, 15) is 15.2 Å². The van der Waals surface area contributed by atoms with Gasteiger partial charge in [-0.1, -0.05) is 54.5 Å². The zero-order valence-corrected chi connectivity index (χ0v) is 26.1. The minimum Gasteiger partial charge on any atom is -0.313 e. The first-order valence-corrected chi connectivity index (χ1v) is 14.1. The second-order valence-electron chi connectivity index (χ2n) is 14.4. The van der Waals surface area contributed by atoms with Gasteiger partial charge in [-0.25, -0.2) is 0 Å². The molecule has 2 aliphatic rings. The predicted octanol–water partition coefficient (Wildman–Crippen LogP) is 7.14. The number of carbonyl (C=O) groups is 1. The maximum absolute atomic E-state index is 12.9. The number of Topliss-reactive ketones (excluding diaryl/α,β-unsaturated/α-hetero) is 1. The normalized spacial score (nSPS) is 24.2. The van der Waals surface area contributed by atoms with Crippen LogP contribution in [-0.4, -0.2) is 60.1 Å². The van der Waals surface area contributed by atoms with Crippen molar-refractivity contribution >= 4 is 5.78 Å². The maximum atomic E-state index is 12.9. The molecule has 0 radical (unpaired) electrons. The Bertz CT molecular complexity index is 760. The van der Waals surface area contributed by atoms with Crippen molar-refractivity contribution in [1.82, 2.24) is 15.4 Å². The van der Waals surface area contributed by atoms with E-state index < -0.39 is 16.5 Å². The van der Waals surface area contributed by atoms with Gasteiger partial charge in [0, 0.05) is 33.6 Å². The second kappa shape index (κ2) is 11.1. The topological polar surface area (TPSA) is 76.0 Å². The molecule has 0 amide bonds. The van der Waals surface area contributed by atoms with Crippen molar-refractivity contribution in [3.63, 3.8) is 0 Å². The van der Waals surface area contributed by atoms with Crippen LogP contribution in [-0.2, 0) is 4.79 Å². The lowest BCUT2D eigenvalue weighted by Crippen LogP contribution is -2.64. The Kier molecular flexibility index (Phi) is 10.3. The quantitative estimate of drug-likeness (QED) is 0.353. The third kappa shape index (κ3) is 6.79. The van der Waals surface area contributed by atoms with Crippen molar-refractivity contribution in [3.05, 3.63) is 11.6 Å². The van der Waals surface area contributed by atoms with E-state index in [0.29, 0.717) is 6.04 Å². The van der Waals surface area contributed by atoms with Gasteiger partial charge in [0.25, 0.3) is 0 Å². The van der Waals surface area contributed by atoms with Crippen LogP contribution >= 0.6 is 0 Å². The number of nitrogens with one attached hydrogen (secondary N) is 1. The van der Waals surface area contributed by atoms with Gasteiger partial charge >= 0.3 is 0 Å². The molecule has 0 atom stereocenters. The Morgan fingerprint density at radius 1 is 0.861 bits per heavy atom. The molecular weight excluding hydrogens is 450 g/mol. The number of hydrogen-bond donors (Lipinski definition) is 3. The highest BCUT2D eigenvalue weighted by atomic mass is 16.5. The van der Waals surface area contributed by atoms with E-state index in [-0.39, 0.29) is 22.4 Å². The Labute approximate surface area is 222 Å². The molecule has 0 aromatic heterocycles. The summed E-state index contributed by atoms with van der Waals surface area (Å²) < 4.78 is 0. The molecule has 6 heteroatoms. The van der Waals surface area contributed by atoms with Crippen LogP contribution in [0.1, 0.15) is 135 Å². The monoisotopic (exact) mass is 509 g/mol. The number of piperidine rings is 1. The van der Waals surface area contributed by atoms with Crippen molar-refractivity contribution in [2.75, 3.05) is 0 Å². The average Bonchev–Trinajstić information content (AvgIpc) is 2.98. The average molecular weight is 510 g/mol. The Morgan fingerprint density at radius 3 is 1.58 bits per heavy atom. The van der Waals surface area contributed by atoms with Crippen LogP contribution in [0, 0.1) is 5.41 Å². The molecular formula is C30H59N3O3. The number of nitrogens with zero attached hydrogens (tertiary/aromatic N) is 2. The smallest absolute Gasteiger partial charge is 0.165 e. The van der Waals surface area contributed by atoms with Gasteiger partial charge in [0.15, 0.2) is 5.78 Å².